The topological polar surface area (TPSA) is 167 Å². The Hall–Kier alpha value is -2.18. The molecule has 0 spiro atoms. The summed E-state index contributed by atoms with van der Waals surface area (Å²) in [6, 6.07) is 0. The molecule has 0 aromatic rings. The minimum Gasteiger partial charge on any atom is -0.449 e. The normalized spacial score (nSPS) is 43.9. The predicted octanol–water partition coefficient (Wildman–Crippen LogP) is 5.58. The number of Topliss-reactive ketones (excluding diaryl/α,β-unsaturated/α-hetero) is 1. The summed E-state index contributed by atoms with van der Waals surface area (Å²) < 4.78 is 41.7. The molecule has 4 unspecified atom stereocenters. The SMILES string of the molecule is CCCC1O[C@@H]2C[C@H]3[C@@H]4CCC5=CC(=O)C=C[C@]5(C)[C@H]4[C@@H](O)C[C@]3(C)[C@]2(C(=O)COP(=O)(O)OCCNC(=O)OCC2C3CC/C=C\CCC32)O1. The number of carbonyl (C=O) groups is 3. The highest BCUT2D eigenvalue weighted by Gasteiger charge is 2.75. The van der Waals surface area contributed by atoms with Gasteiger partial charge in [0.2, 0.25) is 0 Å². The zero-order valence-electron chi connectivity index (χ0n) is 30.0. The zero-order chi connectivity index (χ0) is 36.2. The Labute approximate surface area is 300 Å². The van der Waals surface area contributed by atoms with Crippen molar-refractivity contribution in [3.63, 3.8) is 0 Å². The third-order valence-electron chi connectivity index (χ3n) is 13.6. The van der Waals surface area contributed by atoms with Gasteiger partial charge in [0, 0.05) is 23.3 Å². The minimum absolute atomic E-state index is 0.0338. The van der Waals surface area contributed by atoms with Crippen molar-refractivity contribution in [2.45, 2.75) is 109 Å². The fourth-order valence-corrected chi connectivity index (χ4v) is 11.9. The van der Waals surface area contributed by atoms with Crippen molar-refractivity contribution in [2.75, 3.05) is 26.4 Å². The highest BCUT2D eigenvalue weighted by molar-refractivity contribution is 7.47. The fourth-order valence-electron chi connectivity index (χ4n) is 11.3. The van der Waals surface area contributed by atoms with E-state index < -0.39 is 61.2 Å². The number of phosphoric acid groups is 1. The standard InChI is InChI=1S/C38H54NO11P/c1-4-9-33-49-32-19-29-27-13-12-23-18-24(40)14-15-36(23,2)34(27)30(41)20-37(29,3)38(32,50-33)31(42)22-48-51(44,45)47-17-16-39-35(43)46-21-28-25-10-7-5-6-8-11-26(25)28/h5-6,14-15,18,25-30,32-34,41H,4,7-13,16-17,19-22H2,1-3H3,(H,39,43)(H,44,45)/b6-5-/t25?,26?,27-,28?,29-,30-,32+,33?,34+,36-,37-,38+/m0/s1. The summed E-state index contributed by atoms with van der Waals surface area (Å²) in [7, 11) is -4.69. The molecule has 7 rings (SSSR count). The Morgan fingerprint density at radius 3 is 2.57 bits per heavy atom. The van der Waals surface area contributed by atoms with E-state index >= 15 is 0 Å². The minimum atomic E-state index is -4.69. The van der Waals surface area contributed by atoms with Crippen LogP contribution in [0.4, 0.5) is 4.79 Å². The van der Waals surface area contributed by atoms with Gasteiger partial charge in [0.25, 0.3) is 0 Å². The lowest BCUT2D eigenvalue weighted by Gasteiger charge is -2.59. The maximum atomic E-state index is 14.3. The highest BCUT2D eigenvalue weighted by atomic mass is 31.2. The van der Waals surface area contributed by atoms with E-state index in [4.69, 9.17) is 23.3 Å². The lowest BCUT2D eigenvalue weighted by Crippen LogP contribution is -2.63. The highest BCUT2D eigenvalue weighted by Crippen LogP contribution is 2.70. The molecule has 12 atom stereocenters. The molecule has 1 saturated heterocycles. The van der Waals surface area contributed by atoms with Crippen molar-refractivity contribution in [2.24, 2.45) is 46.3 Å². The summed E-state index contributed by atoms with van der Waals surface area (Å²) >= 11 is 0. The quantitative estimate of drug-likeness (QED) is 0.130. The fraction of sp³-hybridized carbons (Fsp3) is 0.763. The number of ketones is 2. The van der Waals surface area contributed by atoms with Crippen LogP contribution in [0.5, 0.6) is 0 Å². The number of aliphatic hydroxyl groups is 1. The molecule has 0 bridgehead atoms. The van der Waals surface area contributed by atoms with Gasteiger partial charge in [-0.15, -0.1) is 0 Å². The van der Waals surface area contributed by atoms with Crippen LogP contribution >= 0.6 is 7.82 Å². The summed E-state index contributed by atoms with van der Waals surface area (Å²) in [5.41, 5.74) is -1.76. The molecule has 1 heterocycles. The third kappa shape index (κ3) is 6.66. The number of allylic oxidation sites excluding steroid dienone is 6. The van der Waals surface area contributed by atoms with Crippen LogP contribution in [0.25, 0.3) is 0 Å². The van der Waals surface area contributed by atoms with Crippen molar-refractivity contribution in [3.05, 3.63) is 36.0 Å². The monoisotopic (exact) mass is 731 g/mol. The van der Waals surface area contributed by atoms with E-state index in [2.05, 4.69) is 24.4 Å². The number of carbonyl (C=O) groups excluding carboxylic acids is 3. The van der Waals surface area contributed by atoms with E-state index in [1.54, 1.807) is 12.2 Å². The molecule has 13 heteroatoms. The smallest absolute Gasteiger partial charge is 0.449 e. The van der Waals surface area contributed by atoms with E-state index in [1.807, 2.05) is 19.9 Å². The van der Waals surface area contributed by atoms with E-state index in [0.29, 0.717) is 37.2 Å². The predicted molar refractivity (Wildman–Crippen MR) is 185 cm³/mol. The van der Waals surface area contributed by atoms with Gasteiger partial charge < -0.3 is 29.5 Å². The summed E-state index contributed by atoms with van der Waals surface area (Å²) in [4.78, 5) is 49.3. The number of nitrogens with one attached hydrogen (secondary N) is 1. The van der Waals surface area contributed by atoms with E-state index in [9.17, 15) is 28.9 Å². The lowest BCUT2D eigenvalue weighted by molar-refractivity contribution is -0.200. The Balaban J connectivity index is 0.959. The molecule has 1 aliphatic heterocycles. The molecule has 7 aliphatic rings. The van der Waals surface area contributed by atoms with E-state index in [0.717, 1.165) is 50.5 Å². The molecule has 3 N–H and O–H groups in total. The second-order valence-corrected chi connectivity index (χ2v) is 17.7. The first-order valence-electron chi connectivity index (χ1n) is 19.0. The maximum absolute atomic E-state index is 14.3. The zero-order valence-corrected chi connectivity index (χ0v) is 30.9. The van der Waals surface area contributed by atoms with Crippen LogP contribution in [0.1, 0.15) is 85.0 Å². The Kier molecular flexibility index (Phi) is 10.4. The molecule has 1 amide bonds. The van der Waals surface area contributed by atoms with Crippen molar-refractivity contribution >= 4 is 25.5 Å². The number of hydrogen-bond acceptors (Lipinski definition) is 10. The lowest BCUT2D eigenvalue weighted by atomic mass is 9.46. The first kappa shape index (κ1) is 37.1. The van der Waals surface area contributed by atoms with Crippen molar-refractivity contribution in [1.82, 2.24) is 5.32 Å². The average Bonchev–Trinajstić information content (AvgIpc) is 3.44. The first-order valence-corrected chi connectivity index (χ1v) is 20.5. The number of alkyl carbamates (subject to hydrolysis) is 1. The van der Waals surface area contributed by atoms with Gasteiger partial charge in [-0.3, -0.25) is 18.6 Å². The number of ether oxygens (including phenoxy) is 3. The molecule has 0 aromatic heterocycles. The van der Waals surface area contributed by atoms with Crippen molar-refractivity contribution < 1.29 is 52.2 Å². The Morgan fingerprint density at radius 1 is 1.10 bits per heavy atom. The van der Waals surface area contributed by atoms with Gasteiger partial charge >= 0.3 is 13.9 Å². The number of fused-ring (bicyclic) bond motifs is 8. The number of aliphatic hydroxyl groups excluding tert-OH is 1. The first-order chi connectivity index (χ1) is 24.3. The van der Waals surface area contributed by atoms with Gasteiger partial charge in [-0.25, -0.2) is 9.36 Å². The van der Waals surface area contributed by atoms with Crippen LogP contribution in [0.2, 0.25) is 0 Å². The Bertz CT molecular complexity index is 1510. The van der Waals surface area contributed by atoms with Crippen molar-refractivity contribution in [3.8, 4) is 0 Å². The molecule has 12 nitrogen and oxygen atoms in total. The number of rotatable bonds is 12. The summed E-state index contributed by atoms with van der Waals surface area (Å²) in [6.07, 6.45) is 15.0. The van der Waals surface area contributed by atoms with Gasteiger partial charge in [-0.05, 0) is 99.5 Å². The maximum Gasteiger partial charge on any atom is 0.472 e. The van der Waals surface area contributed by atoms with Crippen LogP contribution in [-0.2, 0) is 37.4 Å². The third-order valence-corrected chi connectivity index (χ3v) is 14.6. The number of amides is 1. The number of phosphoric ester groups is 1. The summed E-state index contributed by atoms with van der Waals surface area (Å²) in [5, 5.41) is 14.4. The van der Waals surface area contributed by atoms with Crippen LogP contribution in [-0.4, -0.2) is 78.1 Å². The van der Waals surface area contributed by atoms with Crippen LogP contribution in [0.15, 0.2) is 36.0 Å². The second-order valence-electron chi connectivity index (χ2n) is 16.3. The molecule has 282 valence electrons. The number of hydrogen-bond donors (Lipinski definition) is 3. The summed E-state index contributed by atoms with van der Waals surface area (Å²) in [6.45, 7) is 5.28. The van der Waals surface area contributed by atoms with Gasteiger partial charge in [0.1, 0.15) is 6.61 Å². The van der Waals surface area contributed by atoms with Gasteiger partial charge in [0.15, 0.2) is 23.5 Å². The Morgan fingerprint density at radius 2 is 1.84 bits per heavy atom. The largest absolute Gasteiger partial charge is 0.472 e. The molecule has 5 fully saturated rings. The molecular formula is C38H54NO11P. The van der Waals surface area contributed by atoms with Gasteiger partial charge in [0.05, 0.1) is 25.4 Å². The van der Waals surface area contributed by atoms with Crippen LogP contribution in [0.3, 0.4) is 0 Å². The van der Waals surface area contributed by atoms with Crippen molar-refractivity contribution in [1.29, 1.82) is 0 Å². The van der Waals surface area contributed by atoms with Crippen LogP contribution < -0.4 is 5.32 Å². The molecule has 0 aromatic carbocycles. The van der Waals surface area contributed by atoms with E-state index in [-0.39, 0.29) is 43.1 Å². The summed E-state index contributed by atoms with van der Waals surface area (Å²) in [5.74, 6) is 0.886. The van der Waals surface area contributed by atoms with Gasteiger partial charge in [-0.2, -0.15) is 0 Å². The molecule has 51 heavy (non-hydrogen) atoms. The molecule has 4 saturated carbocycles. The average molecular weight is 732 g/mol. The van der Waals surface area contributed by atoms with Gasteiger partial charge in [-0.1, -0.05) is 51.0 Å². The molecular weight excluding hydrogens is 677 g/mol. The molecule has 0 radical (unpaired) electrons. The molecule has 6 aliphatic carbocycles. The van der Waals surface area contributed by atoms with E-state index in [1.165, 1.54) is 0 Å². The van der Waals surface area contributed by atoms with Crippen LogP contribution in [0, 0.1) is 46.3 Å². The second kappa shape index (κ2) is 14.2.